The van der Waals surface area contributed by atoms with Gasteiger partial charge in [0.2, 0.25) is 0 Å². The fraction of sp³-hybridized carbons (Fsp3) is 0.375. The number of piperidine rings is 1. The Morgan fingerprint density at radius 1 is 1.29 bits per heavy atom. The maximum Gasteiger partial charge on any atom is 0.251 e. The molecule has 1 amide bonds. The predicted molar refractivity (Wildman–Crippen MR) is 121 cm³/mol. The highest BCUT2D eigenvalue weighted by molar-refractivity contribution is 6.35. The Kier molecular flexibility index (Phi) is 6.90. The Hall–Kier alpha value is -2.41. The molecule has 0 spiro atoms. The first-order valence-electron chi connectivity index (χ1n) is 10.6. The van der Waals surface area contributed by atoms with Crippen molar-refractivity contribution in [1.29, 1.82) is 0 Å². The Labute approximate surface area is 186 Å². The highest BCUT2D eigenvalue weighted by Crippen LogP contribution is 2.25. The van der Waals surface area contributed by atoms with Gasteiger partial charge in [-0.15, -0.1) is 0 Å². The van der Waals surface area contributed by atoms with Crippen LogP contribution in [0.3, 0.4) is 0 Å². The molecule has 1 unspecified atom stereocenters. The smallest absolute Gasteiger partial charge is 0.251 e. The minimum atomic E-state index is -0.581. The monoisotopic (exact) mass is 443 g/mol. The Bertz CT molecular complexity index is 1050. The quantitative estimate of drug-likeness (QED) is 0.552. The zero-order chi connectivity index (χ0) is 21.8. The van der Waals surface area contributed by atoms with Crippen LogP contribution in [0.2, 0.25) is 5.02 Å². The summed E-state index contributed by atoms with van der Waals surface area (Å²) in [6.45, 7) is 2.96. The van der Waals surface area contributed by atoms with E-state index in [4.69, 9.17) is 16.3 Å². The third kappa shape index (κ3) is 5.26. The topological polar surface area (TPSA) is 57.4 Å². The average Bonchev–Trinajstić information content (AvgIpc) is 3.15. The Balaban J connectivity index is 1.45. The summed E-state index contributed by atoms with van der Waals surface area (Å²) in [5.74, 6) is -0.153. The van der Waals surface area contributed by atoms with Gasteiger partial charge in [-0.25, -0.2) is 4.39 Å². The van der Waals surface area contributed by atoms with Crippen LogP contribution in [0, 0.1) is 11.7 Å². The van der Waals surface area contributed by atoms with Crippen LogP contribution in [0.15, 0.2) is 48.7 Å². The van der Waals surface area contributed by atoms with Gasteiger partial charge in [0.25, 0.3) is 5.91 Å². The first-order valence-corrected chi connectivity index (χ1v) is 11.0. The van der Waals surface area contributed by atoms with Gasteiger partial charge >= 0.3 is 0 Å². The van der Waals surface area contributed by atoms with E-state index in [1.54, 1.807) is 42.6 Å². The standard InChI is InChI=1S/C24H27ClFN3O2/c1-29-10-8-16(9-11-29)14-31-15-23(19-4-2-3-5-21(19)26)28-24(30)17-6-7-18-20(25)13-27-22(18)12-17/h2-7,12-13,16,23,27H,8-11,14-15H2,1H3,(H,28,30). The van der Waals surface area contributed by atoms with Crippen molar-refractivity contribution in [2.75, 3.05) is 33.4 Å². The summed E-state index contributed by atoms with van der Waals surface area (Å²) in [6.07, 6.45) is 3.87. The summed E-state index contributed by atoms with van der Waals surface area (Å²) in [4.78, 5) is 18.3. The van der Waals surface area contributed by atoms with Crippen LogP contribution in [0.5, 0.6) is 0 Å². The lowest BCUT2D eigenvalue weighted by atomic mass is 9.98. The summed E-state index contributed by atoms with van der Waals surface area (Å²) >= 11 is 6.12. The van der Waals surface area contributed by atoms with Crippen molar-refractivity contribution in [2.24, 2.45) is 5.92 Å². The zero-order valence-corrected chi connectivity index (χ0v) is 18.3. The van der Waals surface area contributed by atoms with Crippen molar-refractivity contribution < 1.29 is 13.9 Å². The van der Waals surface area contributed by atoms with Gasteiger partial charge in [-0.1, -0.05) is 35.9 Å². The van der Waals surface area contributed by atoms with Gasteiger partial charge in [-0.05, 0) is 57.1 Å². The summed E-state index contributed by atoms with van der Waals surface area (Å²) in [5.41, 5.74) is 1.67. The van der Waals surface area contributed by atoms with Gasteiger partial charge in [0.1, 0.15) is 5.82 Å². The van der Waals surface area contributed by atoms with Crippen molar-refractivity contribution in [2.45, 2.75) is 18.9 Å². The number of H-pyrrole nitrogens is 1. The number of fused-ring (bicyclic) bond motifs is 1. The predicted octanol–water partition coefficient (Wildman–Crippen LogP) is 4.79. The van der Waals surface area contributed by atoms with Gasteiger partial charge in [0.15, 0.2) is 0 Å². The maximum absolute atomic E-state index is 14.5. The number of rotatable bonds is 7. The van der Waals surface area contributed by atoms with Crippen LogP contribution < -0.4 is 5.32 Å². The number of benzene rings is 2. The number of carbonyl (C=O) groups excluding carboxylic acids is 1. The summed E-state index contributed by atoms with van der Waals surface area (Å²) in [7, 11) is 2.12. The fourth-order valence-corrected chi connectivity index (χ4v) is 4.24. The fourth-order valence-electron chi connectivity index (χ4n) is 4.02. The summed E-state index contributed by atoms with van der Waals surface area (Å²) in [6, 6.07) is 11.2. The van der Waals surface area contributed by atoms with Gasteiger partial charge in [-0.2, -0.15) is 0 Å². The van der Waals surface area contributed by atoms with Crippen molar-refractivity contribution in [3.8, 4) is 0 Å². The number of likely N-dealkylation sites (tertiary alicyclic amines) is 1. The molecule has 1 aliphatic heterocycles. The number of carbonyl (C=O) groups is 1. The minimum absolute atomic E-state index is 0.218. The molecular formula is C24H27ClFN3O2. The number of aromatic amines is 1. The van der Waals surface area contributed by atoms with E-state index >= 15 is 0 Å². The number of hydrogen-bond donors (Lipinski definition) is 2. The first-order chi connectivity index (χ1) is 15.0. The molecule has 2 aromatic carbocycles. The van der Waals surface area contributed by atoms with Crippen molar-refractivity contribution in [3.63, 3.8) is 0 Å². The van der Waals surface area contributed by atoms with Crippen LogP contribution in [0.4, 0.5) is 4.39 Å². The molecule has 0 bridgehead atoms. The van der Waals surface area contributed by atoms with Crippen LogP contribution in [0.1, 0.15) is 34.8 Å². The Morgan fingerprint density at radius 3 is 2.84 bits per heavy atom. The van der Waals surface area contributed by atoms with Crippen LogP contribution in [-0.2, 0) is 4.74 Å². The third-order valence-corrected chi connectivity index (χ3v) is 6.27. The van der Waals surface area contributed by atoms with Gasteiger partial charge < -0.3 is 19.9 Å². The molecule has 5 nitrogen and oxygen atoms in total. The van der Waals surface area contributed by atoms with E-state index in [1.807, 2.05) is 0 Å². The normalized spacial score (nSPS) is 16.5. The van der Waals surface area contributed by atoms with Crippen LogP contribution >= 0.6 is 11.6 Å². The molecule has 164 valence electrons. The van der Waals surface area contributed by atoms with Crippen molar-refractivity contribution in [3.05, 3.63) is 70.6 Å². The molecule has 1 fully saturated rings. The molecule has 4 rings (SSSR count). The van der Waals surface area contributed by atoms with E-state index < -0.39 is 6.04 Å². The molecule has 2 heterocycles. The minimum Gasteiger partial charge on any atom is -0.379 e. The van der Waals surface area contributed by atoms with E-state index in [-0.39, 0.29) is 18.3 Å². The van der Waals surface area contributed by atoms with Crippen molar-refractivity contribution >= 4 is 28.4 Å². The van der Waals surface area contributed by atoms with E-state index in [9.17, 15) is 9.18 Å². The number of aromatic nitrogens is 1. The SMILES string of the molecule is CN1CCC(COCC(NC(=O)c2ccc3c(Cl)c[nH]c3c2)c2ccccc2F)CC1. The molecular weight excluding hydrogens is 417 g/mol. The third-order valence-electron chi connectivity index (χ3n) is 5.96. The second-order valence-electron chi connectivity index (χ2n) is 8.23. The second kappa shape index (κ2) is 9.81. The molecule has 1 atom stereocenters. The van der Waals surface area contributed by atoms with E-state index in [0.29, 0.717) is 28.7 Å². The number of amides is 1. The number of nitrogens with one attached hydrogen (secondary N) is 2. The second-order valence-corrected chi connectivity index (χ2v) is 8.64. The molecule has 2 N–H and O–H groups in total. The van der Waals surface area contributed by atoms with Gasteiger partial charge in [0, 0.05) is 34.8 Å². The maximum atomic E-state index is 14.5. The number of halogens is 2. The highest BCUT2D eigenvalue weighted by atomic mass is 35.5. The van der Waals surface area contributed by atoms with Gasteiger partial charge in [-0.3, -0.25) is 4.79 Å². The van der Waals surface area contributed by atoms with Crippen LogP contribution in [0.25, 0.3) is 10.9 Å². The molecule has 1 aliphatic rings. The zero-order valence-electron chi connectivity index (χ0n) is 17.5. The molecule has 3 aromatic rings. The van der Waals surface area contributed by atoms with E-state index in [2.05, 4.69) is 22.2 Å². The molecule has 0 aliphatic carbocycles. The van der Waals surface area contributed by atoms with Crippen LogP contribution in [-0.4, -0.2) is 49.1 Å². The lowest BCUT2D eigenvalue weighted by Gasteiger charge is -2.29. The largest absolute Gasteiger partial charge is 0.379 e. The first kappa shape index (κ1) is 21.8. The van der Waals surface area contributed by atoms with Gasteiger partial charge in [0.05, 0.1) is 17.7 Å². The van der Waals surface area contributed by atoms with Crippen molar-refractivity contribution in [1.82, 2.24) is 15.2 Å². The lowest BCUT2D eigenvalue weighted by Crippen LogP contribution is -2.34. The average molecular weight is 444 g/mol. The van der Waals surface area contributed by atoms with E-state index in [1.165, 1.54) is 6.07 Å². The number of hydrogen-bond acceptors (Lipinski definition) is 3. The molecule has 0 radical (unpaired) electrons. The molecule has 1 aromatic heterocycles. The van der Waals surface area contributed by atoms with E-state index in [0.717, 1.165) is 36.8 Å². The highest BCUT2D eigenvalue weighted by Gasteiger charge is 2.22. The molecule has 31 heavy (non-hydrogen) atoms. The lowest BCUT2D eigenvalue weighted by molar-refractivity contribution is 0.0553. The molecule has 7 heteroatoms. The summed E-state index contributed by atoms with van der Waals surface area (Å²) in [5, 5.41) is 4.40. The molecule has 1 saturated heterocycles. The Morgan fingerprint density at radius 2 is 2.06 bits per heavy atom. The summed E-state index contributed by atoms with van der Waals surface area (Å²) < 4.78 is 20.5. The number of nitrogens with zero attached hydrogens (tertiary/aromatic N) is 1. The number of ether oxygens (including phenoxy) is 1. The molecule has 0 saturated carbocycles.